The van der Waals surface area contributed by atoms with Crippen LogP contribution in [0.2, 0.25) is 5.02 Å². The molecule has 0 bridgehead atoms. The fraction of sp³-hybridized carbons (Fsp3) is 0.300. The molecule has 0 spiro atoms. The molecule has 1 aromatic heterocycles. The van der Waals surface area contributed by atoms with Crippen molar-refractivity contribution in [3.63, 3.8) is 0 Å². The number of thiazole rings is 1. The van der Waals surface area contributed by atoms with E-state index >= 15 is 0 Å². The summed E-state index contributed by atoms with van der Waals surface area (Å²) in [5.74, 6) is -0.375. The summed E-state index contributed by atoms with van der Waals surface area (Å²) in [4.78, 5) is 17.0. The van der Waals surface area contributed by atoms with Crippen LogP contribution < -0.4 is 4.80 Å². The van der Waals surface area contributed by atoms with Gasteiger partial charge in [-0.2, -0.15) is 4.99 Å². The molecule has 1 heterocycles. The molecule has 1 amide bonds. The third-order valence-corrected chi connectivity index (χ3v) is 7.67. The van der Waals surface area contributed by atoms with Gasteiger partial charge in [0.15, 0.2) is 14.6 Å². The molecule has 0 aliphatic heterocycles. The lowest BCUT2D eigenvalue weighted by Gasteiger charge is -2.03. The molecular formula is C20H21ClN2O3S2. The predicted molar refractivity (Wildman–Crippen MR) is 114 cm³/mol. The summed E-state index contributed by atoms with van der Waals surface area (Å²) in [6, 6.07) is 12.8. The van der Waals surface area contributed by atoms with Crippen LogP contribution >= 0.6 is 22.9 Å². The second kappa shape index (κ2) is 8.59. The summed E-state index contributed by atoms with van der Waals surface area (Å²) >= 11 is 7.61. The van der Waals surface area contributed by atoms with Crippen LogP contribution in [-0.2, 0) is 27.4 Å². The molecular weight excluding hydrogens is 416 g/mol. The molecule has 0 aliphatic carbocycles. The maximum Gasteiger partial charge on any atom is 0.248 e. The lowest BCUT2D eigenvalue weighted by Crippen LogP contribution is -2.15. The zero-order chi connectivity index (χ0) is 20.3. The highest BCUT2D eigenvalue weighted by molar-refractivity contribution is 7.90. The third kappa shape index (κ3) is 4.90. The Bertz CT molecular complexity index is 1180. The molecule has 0 unspecified atom stereocenters. The maximum atomic E-state index is 12.3. The van der Waals surface area contributed by atoms with Crippen molar-refractivity contribution in [1.82, 2.24) is 4.57 Å². The summed E-state index contributed by atoms with van der Waals surface area (Å²) in [5.41, 5.74) is 2.76. The summed E-state index contributed by atoms with van der Waals surface area (Å²) < 4.78 is 27.2. The molecule has 0 saturated carbocycles. The molecule has 0 atom stereocenters. The highest BCUT2D eigenvalue weighted by atomic mass is 35.5. The number of sulfone groups is 1. The van der Waals surface area contributed by atoms with E-state index in [9.17, 15) is 13.2 Å². The average molecular weight is 437 g/mol. The Labute approximate surface area is 173 Å². The first-order chi connectivity index (χ1) is 13.3. The van der Waals surface area contributed by atoms with E-state index in [1.807, 2.05) is 48.9 Å². The molecule has 0 N–H and O–H groups in total. The van der Waals surface area contributed by atoms with Crippen molar-refractivity contribution in [2.75, 3.05) is 5.75 Å². The van der Waals surface area contributed by atoms with Crippen LogP contribution in [0.1, 0.15) is 24.0 Å². The van der Waals surface area contributed by atoms with Crippen LogP contribution in [-0.4, -0.2) is 24.6 Å². The van der Waals surface area contributed by atoms with Crippen LogP contribution in [0.25, 0.3) is 10.2 Å². The Morgan fingerprint density at radius 3 is 2.57 bits per heavy atom. The molecule has 2 aromatic carbocycles. The van der Waals surface area contributed by atoms with Crippen LogP contribution in [0.5, 0.6) is 0 Å². The normalized spacial score (nSPS) is 12.6. The van der Waals surface area contributed by atoms with Gasteiger partial charge < -0.3 is 4.57 Å². The second-order valence-corrected chi connectivity index (χ2v) is 10.2. The number of aromatic nitrogens is 1. The third-order valence-electron chi connectivity index (χ3n) is 4.40. The number of hydrogen-bond donors (Lipinski definition) is 0. The number of hydrogen-bond acceptors (Lipinski definition) is 4. The summed E-state index contributed by atoms with van der Waals surface area (Å²) in [6.07, 6.45) is 0.348. The van der Waals surface area contributed by atoms with Gasteiger partial charge in [0.2, 0.25) is 5.91 Å². The number of halogens is 1. The standard InChI is InChI=1S/C20H21ClN2O3S2/c1-14-10-11-16(21)19-18(14)23(2)20(27-19)22-17(24)9-6-12-28(25,26)13-15-7-4-3-5-8-15/h3-5,7-8,10-11H,6,9,12-13H2,1-2H3. The van der Waals surface area contributed by atoms with Crippen LogP contribution in [0.4, 0.5) is 0 Å². The van der Waals surface area contributed by atoms with Gasteiger partial charge >= 0.3 is 0 Å². The number of fused-ring (bicyclic) bond motifs is 1. The summed E-state index contributed by atoms with van der Waals surface area (Å²) in [5, 5.41) is 0.627. The number of benzene rings is 2. The highest BCUT2D eigenvalue weighted by Gasteiger charge is 2.14. The number of rotatable bonds is 6. The SMILES string of the molecule is Cc1ccc(Cl)c2sc(=NC(=O)CCCS(=O)(=O)Cc3ccccc3)n(C)c12. The van der Waals surface area contributed by atoms with E-state index in [-0.39, 0.29) is 30.3 Å². The van der Waals surface area contributed by atoms with E-state index in [4.69, 9.17) is 11.6 Å². The Morgan fingerprint density at radius 2 is 1.89 bits per heavy atom. The van der Waals surface area contributed by atoms with Gasteiger partial charge in [0.1, 0.15) is 0 Å². The fourth-order valence-corrected chi connectivity index (χ4v) is 5.83. The van der Waals surface area contributed by atoms with Crippen molar-refractivity contribution >= 4 is 48.9 Å². The van der Waals surface area contributed by atoms with E-state index < -0.39 is 9.84 Å². The fourth-order valence-electron chi connectivity index (χ4n) is 3.02. The van der Waals surface area contributed by atoms with Crippen molar-refractivity contribution in [1.29, 1.82) is 0 Å². The minimum Gasteiger partial charge on any atom is -0.319 e. The Kier molecular flexibility index (Phi) is 6.37. The van der Waals surface area contributed by atoms with E-state index in [0.717, 1.165) is 21.3 Å². The monoisotopic (exact) mass is 436 g/mol. The molecule has 28 heavy (non-hydrogen) atoms. The first-order valence-electron chi connectivity index (χ1n) is 8.83. The second-order valence-electron chi connectivity index (χ2n) is 6.67. The molecule has 3 aromatic rings. The van der Waals surface area contributed by atoms with Crippen molar-refractivity contribution in [3.8, 4) is 0 Å². The van der Waals surface area contributed by atoms with Gasteiger partial charge in [0, 0.05) is 13.5 Å². The maximum absolute atomic E-state index is 12.3. The Hall–Kier alpha value is -1.96. The summed E-state index contributed by atoms with van der Waals surface area (Å²) in [7, 11) is -1.41. The van der Waals surface area contributed by atoms with E-state index in [1.165, 1.54) is 11.3 Å². The van der Waals surface area contributed by atoms with Gasteiger partial charge in [-0.3, -0.25) is 4.79 Å². The van der Waals surface area contributed by atoms with E-state index in [0.29, 0.717) is 9.82 Å². The molecule has 0 aliphatic rings. The van der Waals surface area contributed by atoms with E-state index in [1.54, 1.807) is 12.1 Å². The largest absolute Gasteiger partial charge is 0.319 e. The number of amides is 1. The van der Waals surface area contributed by atoms with Gasteiger partial charge in [0.25, 0.3) is 0 Å². The molecule has 0 saturated heterocycles. The lowest BCUT2D eigenvalue weighted by atomic mass is 10.2. The minimum absolute atomic E-state index is 0.0117. The molecule has 0 fully saturated rings. The van der Waals surface area contributed by atoms with Crippen molar-refractivity contribution < 1.29 is 13.2 Å². The van der Waals surface area contributed by atoms with Crippen LogP contribution in [0, 0.1) is 6.92 Å². The lowest BCUT2D eigenvalue weighted by molar-refractivity contribution is -0.118. The zero-order valence-electron chi connectivity index (χ0n) is 15.7. The topological polar surface area (TPSA) is 68.5 Å². The number of carbonyl (C=O) groups is 1. The molecule has 8 heteroatoms. The van der Waals surface area contributed by atoms with Crippen molar-refractivity contribution in [3.05, 3.63) is 63.4 Å². The first kappa shape index (κ1) is 20.8. The van der Waals surface area contributed by atoms with Crippen molar-refractivity contribution in [2.24, 2.45) is 12.0 Å². The number of nitrogens with zero attached hydrogens (tertiary/aromatic N) is 2. The molecule has 0 radical (unpaired) electrons. The Balaban J connectivity index is 1.68. The molecule has 5 nitrogen and oxygen atoms in total. The predicted octanol–water partition coefficient (Wildman–Crippen LogP) is 4.02. The number of carbonyl (C=O) groups excluding carboxylic acids is 1. The van der Waals surface area contributed by atoms with Crippen LogP contribution in [0.15, 0.2) is 47.5 Å². The van der Waals surface area contributed by atoms with Crippen molar-refractivity contribution in [2.45, 2.75) is 25.5 Å². The first-order valence-corrected chi connectivity index (χ1v) is 11.8. The van der Waals surface area contributed by atoms with Gasteiger partial charge in [-0.1, -0.05) is 59.3 Å². The van der Waals surface area contributed by atoms with Gasteiger partial charge in [0.05, 0.1) is 26.7 Å². The van der Waals surface area contributed by atoms with Gasteiger partial charge in [-0.05, 0) is 30.5 Å². The minimum atomic E-state index is -3.26. The number of aryl methyl sites for hydroxylation is 2. The highest BCUT2D eigenvalue weighted by Crippen LogP contribution is 2.28. The molecule has 3 rings (SSSR count). The molecule has 148 valence electrons. The smallest absolute Gasteiger partial charge is 0.248 e. The summed E-state index contributed by atoms with van der Waals surface area (Å²) in [6.45, 7) is 1.98. The average Bonchev–Trinajstić information content (AvgIpc) is 2.96. The van der Waals surface area contributed by atoms with Crippen LogP contribution in [0.3, 0.4) is 0 Å². The van der Waals surface area contributed by atoms with Gasteiger partial charge in [-0.25, -0.2) is 8.42 Å². The Morgan fingerprint density at radius 1 is 1.18 bits per heavy atom. The van der Waals surface area contributed by atoms with Gasteiger partial charge in [-0.15, -0.1) is 0 Å². The zero-order valence-corrected chi connectivity index (χ0v) is 18.1. The quantitative estimate of drug-likeness (QED) is 0.585. The van der Waals surface area contributed by atoms with E-state index in [2.05, 4.69) is 4.99 Å².